The van der Waals surface area contributed by atoms with E-state index in [9.17, 15) is 8.42 Å². The highest BCUT2D eigenvalue weighted by molar-refractivity contribution is 7.92. The van der Waals surface area contributed by atoms with Gasteiger partial charge in [0.2, 0.25) is 0 Å². The molecule has 1 heterocycles. The Morgan fingerprint density at radius 1 is 1.04 bits per heavy atom. The number of benzene rings is 2. The highest BCUT2D eigenvalue weighted by atomic mass is 32.2. The number of nitrogens with one attached hydrogen (secondary N) is 1. The summed E-state index contributed by atoms with van der Waals surface area (Å²) in [6, 6.07) is 17.8. The molecule has 5 nitrogen and oxygen atoms in total. The van der Waals surface area contributed by atoms with Gasteiger partial charge in [0.25, 0.3) is 10.0 Å². The van der Waals surface area contributed by atoms with Crippen LogP contribution in [0.15, 0.2) is 84.4 Å². The van der Waals surface area contributed by atoms with E-state index in [2.05, 4.69) is 16.4 Å². The molecular formula is C18H17N3O2S. The molecule has 3 aromatic rings. The maximum Gasteiger partial charge on any atom is 0.263 e. The standard InChI is InChI=1S/C18H17N3O2S/c1-2-13-21-14-17(15-9-5-3-6-10-15)18(19-21)20-24(22,23)16-11-7-4-8-12-16/h2-12,14H,1,13H2,(H,19,20). The summed E-state index contributed by atoms with van der Waals surface area (Å²) in [5.74, 6) is 0.298. The molecule has 0 spiro atoms. The SMILES string of the molecule is C=CCn1cc(-c2ccccc2)c(NS(=O)(=O)c2ccccc2)n1. The van der Waals surface area contributed by atoms with Gasteiger partial charge in [-0.3, -0.25) is 9.40 Å². The van der Waals surface area contributed by atoms with Crippen molar-refractivity contribution >= 4 is 15.8 Å². The Labute approximate surface area is 141 Å². The molecule has 0 radical (unpaired) electrons. The van der Waals surface area contributed by atoms with Crippen molar-refractivity contribution in [2.45, 2.75) is 11.4 Å². The molecule has 0 fully saturated rings. The summed E-state index contributed by atoms with van der Waals surface area (Å²) in [7, 11) is -3.70. The minimum atomic E-state index is -3.70. The molecule has 122 valence electrons. The molecule has 0 bridgehead atoms. The van der Waals surface area contributed by atoms with E-state index in [0.717, 1.165) is 11.1 Å². The van der Waals surface area contributed by atoms with Gasteiger partial charge >= 0.3 is 0 Å². The summed E-state index contributed by atoms with van der Waals surface area (Å²) in [5, 5.41) is 4.34. The van der Waals surface area contributed by atoms with Crippen LogP contribution in [0.3, 0.4) is 0 Å². The Balaban J connectivity index is 2.02. The summed E-state index contributed by atoms with van der Waals surface area (Å²) in [5.41, 5.74) is 1.61. The van der Waals surface area contributed by atoms with Gasteiger partial charge in [-0.1, -0.05) is 54.6 Å². The van der Waals surface area contributed by atoms with Crippen LogP contribution in [0, 0.1) is 0 Å². The summed E-state index contributed by atoms with van der Waals surface area (Å²) >= 11 is 0. The van der Waals surface area contributed by atoms with Crippen LogP contribution in [-0.4, -0.2) is 18.2 Å². The van der Waals surface area contributed by atoms with Crippen molar-refractivity contribution in [3.63, 3.8) is 0 Å². The van der Waals surface area contributed by atoms with Crippen molar-refractivity contribution in [1.29, 1.82) is 0 Å². The van der Waals surface area contributed by atoms with E-state index in [0.29, 0.717) is 12.4 Å². The Hall–Kier alpha value is -2.86. The Morgan fingerprint density at radius 3 is 2.29 bits per heavy atom. The minimum absolute atomic E-state index is 0.197. The van der Waals surface area contributed by atoms with Gasteiger partial charge in [0.15, 0.2) is 5.82 Å². The lowest BCUT2D eigenvalue weighted by molar-refractivity contribution is 0.600. The lowest BCUT2D eigenvalue weighted by Gasteiger charge is -2.07. The molecule has 24 heavy (non-hydrogen) atoms. The van der Waals surface area contributed by atoms with Crippen molar-refractivity contribution in [2.24, 2.45) is 0 Å². The number of hydrogen-bond donors (Lipinski definition) is 1. The van der Waals surface area contributed by atoms with Crippen molar-refractivity contribution in [3.05, 3.63) is 79.5 Å². The second kappa shape index (κ2) is 6.72. The molecule has 0 amide bonds. The zero-order chi connectivity index (χ0) is 17.0. The van der Waals surface area contributed by atoms with Gasteiger partial charge in [-0.15, -0.1) is 6.58 Å². The third-order valence-corrected chi connectivity index (χ3v) is 4.80. The normalized spacial score (nSPS) is 11.2. The molecule has 3 rings (SSSR count). The Bertz CT molecular complexity index is 933. The van der Waals surface area contributed by atoms with Gasteiger partial charge in [-0.05, 0) is 17.7 Å². The van der Waals surface area contributed by atoms with E-state index in [1.807, 2.05) is 30.3 Å². The molecule has 0 aliphatic heterocycles. The summed E-state index contributed by atoms with van der Waals surface area (Å²) in [6.45, 7) is 4.18. The number of hydrogen-bond acceptors (Lipinski definition) is 3. The smallest absolute Gasteiger partial charge is 0.263 e. The number of aromatic nitrogens is 2. The Morgan fingerprint density at radius 2 is 1.67 bits per heavy atom. The number of nitrogens with zero attached hydrogens (tertiary/aromatic N) is 2. The van der Waals surface area contributed by atoms with E-state index in [1.165, 1.54) is 0 Å². The highest BCUT2D eigenvalue weighted by Crippen LogP contribution is 2.28. The zero-order valence-electron chi connectivity index (χ0n) is 13.0. The Kier molecular flexibility index (Phi) is 4.48. The summed E-state index contributed by atoms with van der Waals surface area (Å²) < 4.78 is 29.4. The lowest BCUT2D eigenvalue weighted by Crippen LogP contribution is -2.14. The molecule has 6 heteroatoms. The van der Waals surface area contributed by atoms with Gasteiger partial charge in [-0.25, -0.2) is 8.42 Å². The molecule has 1 N–H and O–H groups in total. The third-order valence-electron chi connectivity index (χ3n) is 3.45. The van der Waals surface area contributed by atoms with Crippen LogP contribution in [0.5, 0.6) is 0 Å². The number of rotatable bonds is 6. The first-order chi connectivity index (χ1) is 11.6. The second-order valence-electron chi connectivity index (χ2n) is 5.19. The van der Waals surface area contributed by atoms with Crippen molar-refractivity contribution < 1.29 is 8.42 Å². The largest absolute Gasteiger partial charge is 0.266 e. The van der Waals surface area contributed by atoms with Crippen molar-refractivity contribution in [2.75, 3.05) is 4.72 Å². The fraction of sp³-hybridized carbons (Fsp3) is 0.0556. The first-order valence-electron chi connectivity index (χ1n) is 7.42. The predicted molar refractivity (Wildman–Crippen MR) is 95.1 cm³/mol. The highest BCUT2D eigenvalue weighted by Gasteiger charge is 2.19. The average molecular weight is 339 g/mol. The van der Waals surface area contributed by atoms with Crippen LogP contribution in [-0.2, 0) is 16.6 Å². The lowest BCUT2D eigenvalue weighted by atomic mass is 10.1. The van der Waals surface area contributed by atoms with Crippen molar-refractivity contribution in [1.82, 2.24) is 9.78 Å². The van der Waals surface area contributed by atoms with Crippen LogP contribution in [0.1, 0.15) is 0 Å². The van der Waals surface area contributed by atoms with Gasteiger partial charge < -0.3 is 0 Å². The molecule has 0 saturated carbocycles. The van der Waals surface area contributed by atoms with Gasteiger partial charge in [0.1, 0.15) is 0 Å². The molecular weight excluding hydrogens is 322 g/mol. The van der Waals surface area contributed by atoms with Crippen LogP contribution < -0.4 is 4.72 Å². The van der Waals surface area contributed by atoms with Crippen molar-refractivity contribution in [3.8, 4) is 11.1 Å². The fourth-order valence-corrected chi connectivity index (χ4v) is 3.38. The maximum atomic E-state index is 12.6. The molecule has 0 aliphatic rings. The minimum Gasteiger partial charge on any atom is -0.266 e. The van der Waals surface area contributed by atoms with E-state index in [4.69, 9.17) is 0 Å². The van der Waals surface area contributed by atoms with E-state index in [-0.39, 0.29) is 4.90 Å². The van der Waals surface area contributed by atoms with E-state index < -0.39 is 10.0 Å². The molecule has 0 aliphatic carbocycles. The second-order valence-corrected chi connectivity index (χ2v) is 6.87. The monoisotopic (exact) mass is 339 g/mol. The first-order valence-corrected chi connectivity index (χ1v) is 8.90. The molecule has 2 aromatic carbocycles. The molecule has 0 atom stereocenters. The van der Waals surface area contributed by atoms with Crippen LogP contribution in [0.25, 0.3) is 11.1 Å². The molecule has 0 unspecified atom stereocenters. The molecule has 1 aromatic heterocycles. The first kappa shape index (κ1) is 16.0. The van der Waals surface area contributed by atoms with Crippen LogP contribution in [0.2, 0.25) is 0 Å². The number of anilines is 1. The number of sulfonamides is 1. The zero-order valence-corrected chi connectivity index (χ0v) is 13.8. The predicted octanol–water partition coefficient (Wildman–Crippen LogP) is 3.54. The third kappa shape index (κ3) is 3.38. The summed E-state index contributed by atoms with van der Waals surface area (Å²) in [6.07, 6.45) is 3.51. The van der Waals surface area contributed by atoms with Crippen LogP contribution >= 0.6 is 0 Å². The molecule has 0 saturated heterocycles. The summed E-state index contributed by atoms with van der Waals surface area (Å²) in [4.78, 5) is 0.197. The number of allylic oxidation sites excluding steroid dienone is 1. The van der Waals surface area contributed by atoms with Gasteiger partial charge in [0.05, 0.1) is 11.4 Å². The quantitative estimate of drug-likeness (QED) is 0.699. The van der Waals surface area contributed by atoms with Gasteiger partial charge in [-0.2, -0.15) is 5.10 Å². The van der Waals surface area contributed by atoms with Crippen LogP contribution in [0.4, 0.5) is 5.82 Å². The average Bonchev–Trinajstić information content (AvgIpc) is 2.98. The maximum absolute atomic E-state index is 12.6. The van der Waals surface area contributed by atoms with E-state index >= 15 is 0 Å². The van der Waals surface area contributed by atoms with E-state index in [1.54, 1.807) is 47.3 Å². The topological polar surface area (TPSA) is 64.0 Å². The van der Waals surface area contributed by atoms with Gasteiger partial charge in [0, 0.05) is 11.8 Å². The fourth-order valence-electron chi connectivity index (χ4n) is 2.34.